The van der Waals surface area contributed by atoms with E-state index in [2.05, 4.69) is 41.5 Å². The third-order valence-corrected chi connectivity index (χ3v) is 5.31. The summed E-state index contributed by atoms with van der Waals surface area (Å²) in [5.74, 6) is -0.442. The normalized spacial score (nSPS) is 17.0. The Hall–Kier alpha value is -1.06. The Kier molecular flexibility index (Phi) is 9.54. The number of hydrogen-bond acceptors (Lipinski definition) is 4. The molecule has 0 saturated carbocycles. The first-order valence-electron chi connectivity index (χ1n) is 10.3. The van der Waals surface area contributed by atoms with Gasteiger partial charge < -0.3 is 9.47 Å². The van der Waals surface area contributed by atoms with Crippen molar-refractivity contribution in [1.29, 1.82) is 0 Å². The van der Waals surface area contributed by atoms with Crippen LogP contribution in [0.5, 0.6) is 0 Å². The largest absolute Gasteiger partial charge is 0.469 e. The lowest BCUT2D eigenvalue weighted by molar-refractivity contribution is -0.163. The monoisotopic (exact) mass is 384 g/mol. The first kappa shape index (κ1) is 25.9. The summed E-state index contributed by atoms with van der Waals surface area (Å²) in [6, 6.07) is 0. The van der Waals surface area contributed by atoms with Gasteiger partial charge in [-0.1, -0.05) is 48.0 Å². The quantitative estimate of drug-likeness (QED) is 0.423. The van der Waals surface area contributed by atoms with E-state index in [-0.39, 0.29) is 22.8 Å². The van der Waals surface area contributed by atoms with Gasteiger partial charge in [0.15, 0.2) is 0 Å². The van der Waals surface area contributed by atoms with E-state index in [1.165, 1.54) is 7.11 Å². The fourth-order valence-electron chi connectivity index (χ4n) is 3.60. The van der Waals surface area contributed by atoms with Crippen LogP contribution in [0.15, 0.2) is 0 Å². The molecule has 0 rings (SSSR count). The molecule has 0 aromatic heterocycles. The average molecular weight is 385 g/mol. The van der Waals surface area contributed by atoms with E-state index >= 15 is 0 Å². The Bertz CT molecular complexity index is 484. The number of methoxy groups -OCH3 is 1. The van der Waals surface area contributed by atoms with E-state index in [1.54, 1.807) is 0 Å². The van der Waals surface area contributed by atoms with Gasteiger partial charge in [-0.25, -0.2) is 0 Å². The van der Waals surface area contributed by atoms with Gasteiger partial charge in [0.05, 0.1) is 24.5 Å². The minimum Gasteiger partial charge on any atom is -0.469 e. The Balaban J connectivity index is 5.56. The molecule has 0 bridgehead atoms. The lowest BCUT2D eigenvalue weighted by Gasteiger charge is -2.38. The number of carbonyl (C=O) groups excluding carboxylic acids is 2. The summed E-state index contributed by atoms with van der Waals surface area (Å²) in [5, 5.41) is 0. The van der Waals surface area contributed by atoms with Crippen LogP contribution in [0.1, 0.15) is 101 Å². The molecule has 0 amide bonds. The third kappa shape index (κ3) is 9.62. The van der Waals surface area contributed by atoms with Crippen molar-refractivity contribution >= 4 is 11.9 Å². The molecule has 0 aliphatic carbocycles. The fraction of sp³-hybridized carbons (Fsp3) is 0.913. The maximum atomic E-state index is 12.8. The highest BCUT2D eigenvalue weighted by molar-refractivity contribution is 5.80. The van der Waals surface area contributed by atoms with E-state index in [1.807, 2.05) is 20.8 Å². The molecule has 0 fully saturated rings. The summed E-state index contributed by atoms with van der Waals surface area (Å²) in [7, 11) is 1.43. The molecule has 160 valence electrons. The van der Waals surface area contributed by atoms with Crippen molar-refractivity contribution in [1.82, 2.24) is 0 Å². The molecule has 4 heteroatoms. The minimum atomic E-state index is -0.700. The minimum absolute atomic E-state index is 0.113. The van der Waals surface area contributed by atoms with Gasteiger partial charge in [-0.3, -0.25) is 9.59 Å². The van der Waals surface area contributed by atoms with Gasteiger partial charge in [0, 0.05) is 0 Å². The van der Waals surface area contributed by atoms with Crippen molar-refractivity contribution in [2.24, 2.45) is 21.7 Å². The molecule has 0 aliphatic rings. The summed E-state index contributed by atoms with van der Waals surface area (Å²) in [6.07, 6.45) is 4.70. The number of esters is 2. The van der Waals surface area contributed by atoms with Crippen LogP contribution in [0.25, 0.3) is 0 Å². The van der Waals surface area contributed by atoms with E-state index in [9.17, 15) is 9.59 Å². The standard InChI is InChI=1S/C23H44O4/c1-11-27-19(25)23(9,16-15-21(5,6)7)17-22(8,18(24)26-10)14-12-13-20(2,3)4/h11-17H2,1-10H3. The average Bonchev–Trinajstić information content (AvgIpc) is 2.50. The van der Waals surface area contributed by atoms with Gasteiger partial charge in [-0.15, -0.1) is 0 Å². The van der Waals surface area contributed by atoms with E-state index in [4.69, 9.17) is 9.47 Å². The molecule has 0 saturated heterocycles. The lowest BCUT2D eigenvalue weighted by atomic mass is 9.67. The summed E-state index contributed by atoms with van der Waals surface area (Å²) in [5.41, 5.74) is -1.07. The fourth-order valence-corrected chi connectivity index (χ4v) is 3.60. The highest BCUT2D eigenvalue weighted by Crippen LogP contribution is 2.44. The molecule has 0 N–H and O–H groups in total. The van der Waals surface area contributed by atoms with Gasteiger partial charge in [-0.2, -0.15) is 0 Å². The first-order valence-corrected chi connectivity index (χ1v) is 10.3. The Labute approximate surface area is 167 Å². The van der Waals surface area contributed by atoms with Crippen LogP contribution >= 0.6 is 0 Å². The molecular weight excluding hydrogens is 340 g/mol. The molecule has 0 radical (unpaired) electrons. The van der Waals surface area contributed by atoms with Crippen LogP contribution in [0.4, 0.5) is 0 Å². The first-order chi connectivity index (χ1) is 12.1. The predicted octanol–water partition coefficient (Wildman–Crippen LogP) is 6.17. The van der Waals surface area contributed by atoms with E-state index < -0.39 is 10.8 Å². The molecule has 0 aromatic rings. The van der Waals surface area contributed by atoms with Crippen LogP contribution in [-0.4, -0.2) is 25.7 Å². The van der Waals surface area contributed by atoms with Crippen LogP contribution in [-0.2, 0) is 19.1 Å². The summed E-state index contributed by atoms with van der Waals surface area (Å²) in [6.45, 7) is 19.2. The number of rotatable bonds is 10. The number of hydrogen-bond donors (Lipinski definition) is 0. The smallest absolute Gasteiger partial charge is 0.311 e. The van der Waals surface area contributed by atoms with Crippen molar-refractivity contribution in [3.63, 3.8) is 0 Å². The molecule has 0 aliphatic heterocycles. The van der Waals surface area contributed by atoms with Crippen LogP contribution in [0.3, 0.4) is 0 Å². The van der Waals surface area contributed by atoms with Crippen molar-refractivity contribution in [3.05, 3.63) is 0 Å². The van der Waals surface area contributed by atoms with Crippen LogP contribution < -0.4 is 0 Å². The van der Waals surface area contributed by atoms with Gasteiger partial charge in [0.25, 0.3) is 0 Å². The molecular formula is C23H44O4. The highest BCUT2D eigenvalue weighted by atomic mass is 16.5. The Morgan fingerprint density at radius 2 is 1.19 bits per heavy atom. The van der Waals surface area contributed by atoms with Crippen LogP contribution in [0, 0.1) is 21.7 Å². The lowest BCUT2D eigenvalue weighted by Crippen LogP contribution is -2.41. The second-order valence-electron chi connectivity index (χ2n) is 11.0. The second kappa shape index (κ2) is 9.93. The maximum Gasteiger partial charge on any atom is 0.311 e. The predicted molar refractivity (Wildman–Crippen MR) is 111 cm³/mol. The Morgan fingerprint density at radius 1 is 0.704 bits per heavy atom. The molecule has 0 aromatic carbocycles. The van der Waals surface area contributed by atoms with Crippen molar-refractivity contribution in [2.75, 3.05) is 13.7 Å². The summed E-state index contributed by atoms with van der Waals surface area (Å²) >= 11 is 0. The molecule has 4 nitrogen and oxygen atoms in total. The SMILES string of the molecule is CCOC(=O)C(C)(CCC(C)(C)C)CC(C)(CCCC(C)(C)C)C(=O)OC. The zero-order valence-corrected chi connectivity index (χ0v) is 19.6. The number of ether oxygens (including phenoxy) is 2. The zero-order chi connectivity index (χ0) is 21.5. The van der Waals surface area contributed by atoms with Gasteiger partial charge >= 0.3 is 11.9 Å². The van der Waals surface area contributed by atoms with E-state index in [0.717, 1.165) is 19.3 Å². The van der Waals surface area contributed by atoms with Crippen molar-refractivity contribution in [3.8, 4) is 0 Å². The van der Waals surface area contributed by atoms with Crippen LogP contribution in [0.2, 0.25) is 0 Å². The molecule has 27 heavy (non-hydrogen) atoms. The topological polar surface area (TPSA) is 52.6 Å². The molecule has 0 spiro atoms. The molecule has 2 atom stereocenters. The zero-order valence-electron chi connectivity index (χ0n) is 19.6. The molecule has 2 unspecified atom stereocenters. The maximum absolute atomic E-state index is 12.8. The summed E-state index contributed by atoms with van der Waals surface area (Å²) in [4.78, 5) is 25.5. The highest BCUT2D eigenvalue weighted by Gasteiger charge is 2.46. The Morgan fingerprint density at radius 3 is 1.59 bits per heavy atom. The van der Waals surface area contributed by atoms with Crippen molar-refractivity contribution < 1.29 is 19.1 Å². The number of carbonyl (C=O) groups is 2. The van der Waals surface area contributed by atoms with E-state index in [0.29, 0.717) is 25.9 Å². The van der Waals surface area contributed by atoms with Crippen molar-refractivity contribution in [2.45, 2.75) is 101 Å². The molecule has 0 heterocycles. The van der Waals surface area contributed by atoms with Gasteiger partial charge in [0.2, 0.25) is 0 Å². The van der Waals surface area contributed by atoms with Gasteiger partial charge in [0.1, 0.15) is 0 Å². The second-order valence-corrected chi connectivity index (χ2v) is 11.0. The third-order valence-electron chi connectivity index (χ3n) is 5.31. The van der Waals surface area contributed by atoms with Gasteiger partial charge in [-0.05, 0) is 63.7 Å². The summed E-state index contributed by atoms with van der Waals surface area (Å²) < 4.78 is 10.5.